The highest BCUT2D eigenvalue weighted by atomic mass is 32.2. The van der Waals surface area contributed by atoms with E-state index in [1.54, 1.807) is 0 Å². The molecular formula is C13H23N5S. The van der Waals surface area contributed by atoms with Gasteiger partial charge in [0.05, 0.1) is 0 Å². The molecule has 1 aliphatic carbocycles. The smallest absolute Gasteiger partial charge is 0.191 e. The molecule has 0 radical (unpaired) electrons. The Kier molecular flexibility index (Phi) is 4.87. The first kappa shape index (κ1) is 14.4. The van der Waals surface area contributed by atoms with E-state index in [0.717, 1.165) is 22.8 Å². The van der Waals surface area contributed by atoms with E-state index in [1.807, 2.05) is 12.3 Å². The lowest BCUT2D eigenvalue weighted by molar-refractivity contribution is 0.280. The number of hydrogen-bond acceptors (Lipinski definition) is 6. The van der Waals surface area contributed by atoms with Crippen LogP contribution in [0.4, 0.5) is 11.6 Å². The van der Waals surface area contributed by atoms with Crippen LogP contribution in [0.25, 0.3) is 0 Å². The quantitative estimate of drug-likeness (QED) is 0.341. The third-order valence-corrected chi connectivity index (χ3v) is 4.11. The second kappa shape index (κ2) is 6.43. The van der Waals surface area contributed by atoms with Crippen LogP contribution in [0.15, 0.2) is 11.2 Å². The Balaban J connectivity index is 2.09. The minimum absolute atomic E-state index is 0.494. The molecule has 106 valence electrons. The van der Waals surface area contributed by atoms with Crippen LogP contribution in [0.2, 0.25) is 0 Å². The van der Waals surface area contributed by atoms with Gasteiger partial charge in [0.15, 0.2) is 5.16 Å². The van der Waals surface area contributed by atoms with Gasteiger partial charge in [0, 0.05) is 12.1 Å². The molecule has 1 aromatic heterocycles. The number of rotatable bonds is 4. The van der Waals surface area contributed by atoms with E-state index >= 15 is 0 Å². The van der Waals surface area contributed by atoms with Gasteiger partial charge in [0.2, 0.25) is 0 Å². The standard InChI is InChI=1S/C13H23N5S/c1-8-4-9(2)6-10(5-8)15-11-7-12(18-14)17-13(16-11)19-3/h7-10H,4-6,14H2,1-3H3,(H2,15,16,17,18). The molecular weight excluding hydrogens is 258 g/mol. The first-order valence-electron chi connectivity index (χ1n) is 6.77. The molecule has 4 N–H and O–H groups in total. The molecule has 1 saturated carbocycles. The molecule has 19 heavy (non-hydrogen) atoms. The molecule has 1 aromatic rings. The topological polar surface area (TPSA) is 75.9 Å². The molecule has 1 fully saturated rings. The van der Waals surface area contributed by atoms with E-state index in [9.17, 15) is 0 Å². The van der Waals surface area contributed by atoms with E-state index in [1.165, 1.54) is 31.0 Å². The maximum absolute atomic E-state index is 5.44. The van der Waals surface area contributed by atoms with E-state index in [4.69, 9.17) is 5.84 Å². The predicted molar refractivity (Wildman–Crippen MR) is 81.2 cm³/mol. The summed E-state index contributed by atoms with van der Waals surface area (Å²) in [7, 11) is 0. The van der Waals surface area contributed by atoms with Crippen molar-refractivity contribution < 1.29 is 0 Å². The molecule has 2 rings (SSSR count). The molecule has 0 saturated heterocycles. The van der Waals surface area contributed by atoms with Crippen molar-refractivity contribution >= 4 is 23.4 Å². The maximum Gasteiger partial charge on any atom is 0.191 e. The SMILES string of the molecule is CSc1nc(NN)cc(NC2CC(C)CC(C)C2)n1. The van der Waals surface area contributed by atoms with Crippen molar-refractivity contribution in [3.8, 4) is 0 Å². The molecule has 6 heteroatoms. The zero-order chi connectivity index (χ0) is 13.8. The number of thioether (sulfide) groups is 1. The Hall–Kier alpha value is -1.01. The van der Waals surface area contributed by atoms with Gasteiger partial charge >= 0.3 is 0 Å². The van der Waals surface area contributed by atoms with E-state index in [0.29, 0.717) is 11.9 Å². The van der Waals surface area contributed by atoms with Crippen molar-refractivity contribution in [2.24, 2.45) is 17.7 Å². The number of nitrogens with zero attached hydrogens (tertiary/aromatic N) is 2. The van der Waals surface area contributed by atoms with Gasteiger partial charge in [-0.1, -0.05) is 25.6 Å². The highest BCUT2D eigenvalue weighted by Crippen LogP contribution is 2.30. The second-order valence-electron chi connectivity index (χ2n) is 5.53. The van der Waals surface area contributed by atoms with Crippen LogP contribution in [0.3, 0.4) is 0 Å². The summed E-state index contributed by atoms with van der Waals surface area (Å²) in [5.74, 6) is 8.50. The number of hydrazine groups is 1. The lowest BCUT2D eigenvalue weighted by Gasteiger charge is -2.32. The number of anilines is 2. The number of nitrogens with two attached hydrogens (primary N) is 1. The van der Waals surface area contributed by atoms with Crippen LogP contribution in [-0.2, 0) is 0 Å². The summed E-state index contributed by atoms with van der Waals surface area (Å²) in [5.41, 5.74) is 2.59. The van der Waals surface area contributed by atoms with Crippen molar-refractivity contribution in [1.82, 2.24) is 9.97 Å². The van der Waals surface area contributed by atoms with E-state index < -0.39 is 0 Å². The third kappa shape index (κ3) is 3.98. The third-order valence-electron chi connectivity index (χ3n) is 3.57. The van der Waals surface area contributed by atoms with Crippen LogP contribution < -0.4 is 16.6 Å². The normalized spacial score (nSPS) is 27.1. The minimum Gasteiger partial charge on any atom is -0.367 e. The highest BCUT2D eigenvalue weighted by molar-refractivity contribution is 7.98. The van der Waals surface area contributed by atoms with Gasteiger partial charge in [0.1, 0.15) is 11.6 Å². The molecule has 0 aliphatic heterocycles. The summed E-state index contributed by atoms with van der Waals surface area (Å²) in [6, 6.07) is 2.36. The highest BCUT2D eigenvalue weighted by Gasteiger charge is 2.24. The molecule has 0 aromatic carbocycles. The van der Waals surface area contributed by atoms with Crippen molar-refractivity contribution in [1.29, 1.82) is 0 Å². The Morgan fingerprint density at radius 2 is 1.79 bits per heavy atom. The average molecular weight is 281 g/mol. The van der Waals surface area contributed by atoms with Gasteiger partial charge in [0.25, 0.3) is 0 Å². The summed E-state index contributed by atoms with van der Waals surface area (Å²) < 4.78 is 0. The van der Waals surface area contributed by atoms with E-state index in [2.05, 4.69) is 34.6 Å². The van der Waals surface area contributed by atoms with Crippen molar-refractivity contribution in [3.05, 3.63) is 6.07 Å². The molecule has 1 heterocycles. The van der Waals surface area contributed by atoms with Crippen LogP contribution in [0, 0.1) is 11.8 Å². The second-order valence-corrected chi connectivity index (χ2v) is 6.30. The van der Waals surface area contributed by atoms with Crippen molar-refractivity contribution in [2.45, 2.75) is 44.3 Å². The summed E-state index contributed by atoms with van der Waals surface area (Å²) >= 11 is 1.52. The molecule has 0 spiro atoms. The molecule has 5 nitrogen and oxygen atoms in total. The first-order valence-corrected chi connectivity index (χ1v) is 7.99. The molecule has 2 atom stereocenters. The molecule has 0 amide bonds. The predicted octanol–water partition coefficient (Wildman–Crippen LogP) is 2.72. The van der Waals surface area contributed by atoms with Gasteiger partial charge in [-0.2, -0.15) is 0 Å². The fourth-order valence-electron chi connectivity index (χ4n) is 2.94. The molecule has 1 aliphatic rings. The number of hydrogen-bond donors (Lipinski definition) is 3. The minimum atomic E-state index is 0.494. The molecule has 0 bridgehead atoms. The summed E-state index contributed by atoms with van der Waals surface area (Å²) in [6.45, 7) is 4.65. The van der Waals surface area contributed by atoms with Crippen LogP contribution in [0.1, 0.15) is 33.1 Å². The summed E-state index contributed by atoms with van der Waals surface area (Å²) in [6.07, 6.45) is 5.69. The summed E-state index contributed by atoms with van der Waals surface area (Å²) in [4.78, 5) is 8.76. The fraction of sp³-hybridized carbons (Fsp3) is 0.692. The lowest BCUT2D eigenvalue weighted by atomic mass is 9.80. The monoisotopic (exact) mass is 281 g/mol. The van der Waals surface area contributed by atoms with Gasteiger partial charge in [-0.15, -0.1) is 0 Å². The number of nitrogens with one attached hydrogen (secondary N) is 2. The Labute approximate surface area is 119 Å². The zero-order valence-corrected chi connectivity index (χ0v) is 12.6. The summed E-state index contributed by atoms with van der Waals surface area (Å²) in [5, 5.41) is 4.26. The van der Waals surface area contributed by atoms with Gasteiger partial charge in [-0.05, 0) is 37.4 Å². The van der Waals surface area contributed by atoms with Crippen LogP contribution in [-0.4, -0.2) is 22.3 Å². The largest absolute Gasteiger partial charge is 0.367 e. The van der Waals surface area contributed by atoms with Gasteiger partial charge < -0.3 is 10.7 Å². The van der Waals surface area contributed by atoms with E-state index in [-0.39, 0.29) is 0 Å². The Bertz CT molecular complexity index is 393. The molecule has 2 unspecified atom stereocenters. The Morgan fingerprint density at radius 3 is 2.37 bits per heavy atom. The van der Waals surface area contributed by atoms with Crippen molar-refractivity contribution in [3.63, 3.8) is 0 Å². The number of nitrogen functional groups attached to an aromatic ring is 1. The number of aromatic nitrogens is 2. The van der Waals surface area contributed by atoms with Gasteiger partial charge in [-0.3, -0.25) is 0 Å². The fourth-order valence-corrected chi connectivity index (χ4v) is 3.32. The van der Waals surface area contributed by atoms with Crippen LogP contribution in [0.5, 0.6) is 0 Å². The van der Waals surface area contributed by atoms with Crippen LogP contribution >= 0.6 is 11.8 Å². The van der Waals surface area contributed by atoms with Gasteiger partial charge in [-0.25, -0.2) is 15.8 Å². The zero-order valence-electron chi connectivity index (χ0n) is 11.8. The Morgan fingerprint density at radius 1 is 1.16 bits per heavy atom. The van der Waals surface area contributed by atoms with Crippen molar-refractivity contribution in [2.75, 3.05) is 17.0 Å². The first-order chi connectivity index (χ1) is 9.10. The average Bonchev–Trinajstić information content (AvgIpc) is 2.37. The lowest BCUT2D eigenvalue weighted by Crippen LogP contribution is -2.30. The maximum atomic E-state index is 5.44.